The summed E-state index contributed by atoms with van der Waals surface area (Å²) in [6, 6.07) is -1.02. The zero-order valence-electron chi connectivity index (χ0n) is 20.9. The van der Waals surface area contributed by atoms with Crippen LogP contribution in [-0.2, 0) is 26.3 Å². The Kier molecular flexibility index (Phi) is 7.95. The number of hydrogen-bond donors (Lipinski definition) is 4. The van der Waals surface area contributed by atoms with E-state index in [1.165, 1.54) is 18.8 Å². The molecule has 2 aromatic rings. The van der Waals surface area contributed by atoms with E-state index in [1.807, 2.05) is 0 Å². The van der Waals surface area contributed by atoms with Gasteiger partial charge >= 0.3 is 17.1 Å². The Balaban J connectivity index is 1.31. The van der Waals surface area contributed by atoms with E-state index in [9.17, 15) is 29.1 Å². The third kappa shape index (κ3) is 5.35. The van der Waals surface area contributed by atoms with Crippen LogP contribution in [0.15, 0.2) is 31.2 Å². The second-order valence-electron chi connectivity index (χ2n) is 9.01. The molecule has 3 aliphatic rings. The van der Waals surface area contributed by atoms with Crippen molar-refractivity contribution < 1.29 is 24.3 Å². The van der Waals surface area contributed by atoms with Gasteiger partial charge < -0.3 is 21.0 Å². The molecule has 2 atom stereocenters. The highest BCUT2D eigenvalue weighted by atomic mass is 32.2. The van der Waals surface area contributed by atoms with Gasteiger partial charge in [0.2, 0.25) is 11.5 Å². The minimum absolute atomic E-state index is 0.0337. The molecule has 40 heavy (non-hydrogen) atoms. The molecule has 0 spiro atoms. The fourth-order valence-corrected chi connectivity index (χ4v) is 7.22. The van der Waals surface area contributed by atoms with E-state index >= 15 is 0 Å². The highest BCUT2D eigenvalue weighted by molar-refractivity contribution is 8.01. The molecule has 212 valence electrons. The predicted molar refractivity (Wildman–Crippen MR) is 145 cm³/mol. The number of anilines is 1. The number of H-pyrrole nitrogens is 1. The largest absolute Gasteiger partial charge is 0.477 e. The highest BCUT2D eigenvalue weighted by Crippen LogP contribution is 2.41. The molecule has 0 radical (unpaired) electrons. The van der Waals surface area contributed by atoms with Crippen molar-refractivity contribution in [2.45, 2.75) is 48.4 Å². The van der Waals surface area contributed by atoms with Crippen LogP contribution in [0.3, 0.4) is 0 Å². The molecule has 1 saturated carbocycles. The maximum atomic E-state index is 13.2. The summed E-state index contributed by atoms with van der Waals surface area (Å²) in [5, 5.41) is 22.1. The Labute approximate surface area is 237 Å². The molecule has 5 rings (SSSR count). The molecule has 2 amide bonds. The summed E-state index contributed by atoms with van der Waals surface area (Å²) in [6.45, 7) is 0. The number of β-lactam (4-membered cyclic amide) rings is 1. The van der Waals surface area contributed by atoms with E-state index in [0.717, 1.165) is 58.4 Å². The number of nitrogens with two attached hydrogens (primary N) is 1. The first-order valence-corrected chi connectivity index (χ1v) is 14.8. The van der Waals surface area contributed by atoms with Gasteiger partial charge in [-0.05, 0) is 31.3 Å². The molecule has 2 fully saturated rings. The number of oxime groups is 1. The van der Waals surface area contributed by atoms with Crippen molar-refractivity contribution in [1.29, 1.82) is 0 Å². The number of aromatic amines is 1. The van der Waals surface area contributed by atoms with Gasteiger partial charge in [0.05, 0.1) is 0 Å². The minimum atomic E-state index is -1.31. The third-order valence-corrected chi connectivity index (χ3v) is 9.41. The fourth-order valence-electron chi connectivity index (χ4n) is 4.38. The quantitative estimate of drug-likeness (QED) is 0.0889. The van der Waals surface area contributed by atoms with Crippen LogP contribution in [0.2, 0.25) is 0 Å². The monoisotopic (exact) mass is 609 g/mol. The molecule has 19 heteroatoms. The van der Waals surface area contributed by atoms with Gasteiger partial charge in [-0.2, -0.15) is 9.36 Å². The summed E-state index contributed by atoms with van der Waals surface area (Å²) in [7, 11) is 1.38. The lowest BCUT2D eigenvalue weighted by Gasteiger charge is -2.49. The summed E-state index contributed by atoms with van der Waals surface area (Å²) < 4.78 is 5.10. The Morgan fingerprint density at radius 2 is 2.05 bits per heavy atom. The Bertz CT molecular complexity index is 1540. The molecule has 5 N–H and O–H groups in total. The van der Waals surface area contributed by atoms with Crippen LogP contribution in [-0.4, -0.2) is 86.6 Å². The molecular weight excluding hydrogens is 586 g/mol. The number of aliphatic carboxylic acids is 1. The lowest BCUT2D eigenvalue weighted by Crippen LogP contribution is -2.71. The number of nitrogens with one attached hydrogen (secondary N) is 2. The van der Waals surface area contributed by atoms with E-state index in [1.54, 1.807) is 0 Å². The van der Waals surface area contributed by atoms with E-state index < -0.39 is 40.3 Å². The number of fused-ring (bicyclic) bond motifs is 1. The van der Waals surface area contributed by atoms with Crippen LogP contribution in [0.4, 0.5) is 5.13 Å². The lowest BCUT2D eigenvalue weighted by molar-refractivity contribution is -0.150. The molecule has 0 bridgehead atoms. The number of carbonyl (C=O) groups excluding carboxylic acids is 2. The average molecular weight is 610 g/mol. The number of aromatic nitrogens is 5. The zero-order chi connectivity index (χ0) is 28.6. The van der Waals surface area contributed by atoms with Crippen LogP contribution < -0.4 is 22.2 Å². The number of carbonyl (C=O) groups is 3. The second-order valence-corrected chi connectivity index (χ2v) is 11.8. The standard InChI is InChI=1S/C21H23N9O7S3/c1-29-17(34)15(32)25-26-21(29)39-7-8-6-38-18-11(16(33)30(18)12(8)19(35)36)23-14(31)10(13-24-20(22)40-28-13)27-37-9-4-2-3-5-9/h9,11,18H,2-7H2,1H3,(H,23,31)(H,25,32)(H,35,36)(H2,22,24,28)/b27-10-/t11?,18-/m1/s1. The minimum Gasteiger partial charge on any atom is -0.477 e. The normalized spacial score (nSPS) is 21.3. The highest BCUT2D eigenvalue weighted by Gasteiger charge is 2.54. The van der Waals surface area contributed by atoms with Crippen LogP contribution in [0, 0.1) is 0 Å². The van der Waals surface area contributed by atoms with Crippen molar-refractivity contribution in [1.82, 2.24) is 34.3 Å². The van der Waals surface area contributed by atoms with E-state index in [2.05, 4.69) is 30.0 Å². The molecule has 16 nitrogen and oxygen atoms in total. The number of nitrogens with zero attached hydrogens (tertiary/aromatic N) is 6. The van der Waals surface area contributed by atoms with Crippen LogP contribution >= 0.6 is 35.1 Å². The average Bonchev–Trinajstić information content (AvgIpc) is 3.61. The Morgan fingerprint density at radius 1 is 1.30 bits per heavy atom. The number of thioether (sulfide) groups is 2. The Hall–Kier alpha value is -3.71. The van der Waals surface area contributed by atoms with Crippen LogP contribution in [0.5, 0.6) is 0 Å². The van der Waals surface area contributed by atoms with E-state index in [-0.39, 0.29) is 45.1 Å². The van der Waals surface area contributed by atoms with Crippen molar-refractivity contribution in [2.24, 2.45) is 12.2 Å². The van der Waals surface area contributed by atoms with E-state index in [0.29, 0.717) is 5.57 Å². The lowest BCUT2D eigenvalue weighted by atomic mass is 10.0. The molecule has 1 unspecified atom stereocenters. The van der Waals surface area contributed by atoms with Gasteiger partial charge in [-0.25, -0.2) is 9.89 Å². The van der Waals surface area contributed by atoms with Crippen molar-refractivity contribution in [3.63, 3.8) is 0 Å². The van der Waals surface area contributed by atoms with Crippen molar-refractivity contribution in [3.8, 4) is 0 Å². The van der Waals surface area contributed by atoms with Crippen molar-refractivity contribution >= 4 is 63.7 Å². The molecule has 2 aromatic heterocycles. The first-order chi connectivity index (χ1) is 19.2. The van der Waals surface area contributed by atoms with Gasteiger partial charge in [0.1, 0.15) is 23.2 Å². The van der Waals surface area contributed by atoms with Gasteiger partial charge in [0, 0.05) is 30.1 Å². The van der Waals surface area contributed by atoms with Gasteiger partial charge in [0.25, 0.3) is 11.8 Å². The summed E-state index contributed by atoms with van der Waals surface area (Å²) >= 11 is 3.20. The molecular formula is C21H23N9O7S3. The van der Waals surface area contributed by atoms with Crippen LogP contribution in [0.1, 0.15) is 31.5 Å². The first kappa shape index (κ1) is 27.8. The third-order valence-electron chi connectivity index (χ3n) is 6.41. The second kappa shape index (κ2) is 11.4. The predicted octanol–water partition coefficient (Wildman–Crippen LogP) is -0.903. The van der Waals surface area contributed by atoms with Gasteiger partial charge in [-0.1, -0.05) is 16.9 Å². The fraction of sp³-hybridized carbons (Fsp3) is 0.476. The number of carboxylic acids is 1. The van der Waals surface area contributed by atoms with E-state index in [4.69, 9.17) is 10.6 Å². The number of rotatable bonds is 9. The molecule has 1 saturated heterocycles. The number of hydrogen-bond acceptors (Lipinski definition) is 14. The number of amides is 2. The molecule has 4 heterocycles. The van der Waals surface area contributed by atoms with Gasteiger partial charge in [-0.3, -0.25) is 28.6 Å². The molecule has 1 aliphatic carbocycles. The first-order valence-electron chi connectivity index (χ1n) is 12.0. The SMILES string of the molecule is Cn1c(SCC2=C(C(=O)O)N3C(=O)C(NC(=O)/C(=N\OC4CCCC4)c4nsc(N)n4)[C@H]3SC2)n[nH]c(=O)c1=O. The summed E-state index contributed by atoms with van der Waals surface area (Å²) in [6.07, 6.45) is 3.46. The number of nitrogen functional groups attached to an aromatic ring is 1. The summed E-state index contributed by atoms with van der Waals surface area (Å²) in [4.78, 5) is 72.5. The van der Waals surface area contributed by atoms with Crippen molar-refractivity contribution in [2.75, 3.05) is 17.2 Å². The summed E-state index contributed by atoms with van der Waals surface area (Å²) in [5.74, 6) is -2.36. The topological polar surface area (TPSA) is 228 Å². The van der Waals surface area contributed by atoms with Gasteiger partial charge in [-0.15, -0.1) is 16.9 Å². The maximum absolute atomic E-state index is 13.2. The molecule has 0 aromatic carbocycles. The smallest absolute Gasteiger partial charge is 0.352 e. The zero-order valence-corrected chi connectivity index (χ0v) is 23.3. The number of carboxylic acid groups (broad SMARTS) is 1. The van der Waals surface area contributed by atoms with Crippen molar-refractivity contribution in [3.05, 3.63) is 37.8 Å². The maximum Gasteiger partial charge on any atom is 0.352 e. The van der Waals surface area contributed by atoms with Gasteiger partial charge in [0.15, 0.2) is 10.3 Å². The summed E-state index contributed by atoms with van der Waals surface area (Å²) in [5.41, 5.74) is 4.00. The van der Waals surface area contributed by atoms with Crippen LogP contribution in [0.25, 0.3) is 0 Å². The Morgan fingerprint density at radius 3 is 2.73 bits per heavy atom. The molecule has 2 aliphatic heterocycles.